The van der Waals surface area contributed by atoms with Crippen molar-refractivity contribution in [2.75, 3.05) is 0 Å². The molecule has 2 N–H and O–H groups in total. The first kappa shape index (κ1) is 12.4. The lowest BCUT2D eigenvalue weighted by molar-refractivity contribution is 0.0674. The van der Waals surface area contributed by atoms with Gasteiger partial charge in [0.25, 0.3) is 0 Å². The average molecular weight is 223 g/mol. The summed E-state index contributed by atoms with van der Waals surface area (Å²) in [7, 11) is 0. The fourth-order valence-corrected chi connectivity index (χ4v) is 3.88. The molecular formula is C15H29N. The van der Waals surface area contributed by atoms with Crippen LogP contribution in [-0.4, -0.2) is 5.54 Å². The molecule has 0 radical (unpaired) electrons. The summed E-state index contributed by atoms with van der Waals surface area (Å²) in [6, 6.07) is 0. The van der Waals surface area contributed by atoms with E-state index in [2.05, 4.69) is 13.8 Å². The Morgan fingerprint density at radius 3 is 2.19 bits per heavy atom. The second kappa shape index (κ2) is 4.68. The zero-order chi connectivity index (χ0) is 11.6. The highest BCUT2D eigenvalue weighted by Gasteiger charge is 2.44. The Balaban J connectivity index is 1.99. The molecule has 1 atom stereocenters. The number of hydrogen-bond acceptors (Lipinski definition) is 1. The van der Waals surface area contributed by atoms with E-state index in [0.29, 0.717) is 5.41 Å². The van der Waals surface area contributed by atoms with E-state index < -0.39 is 0 Å². The predicted octanol–water partition coefficient (Wildman–Crippen LogP) is 4.25. The topological polar surface area (TPSA) is 26.0 Å². The molecule has 0 aromatic rings. The second-order valence-corrected chi connectivity index (χ2v) is 6.96. The molecule has 16 heavy (non-hydrogen) atoms. The van der Waals surface area contributed by atoms with Gasteiger partial charge in [0, 0.05) is 5.54 Å². The molecule has 0 aromatic heterocycles. The number of hydrogen-bond donors (Lipinski definition) is 1. The van der Waals surface area contributed by atoms with Crippen LogP contribution >= 0.6 is 0 Å². The minimum Gasteiger partial charge on any atom is -0.325 e. The van der Waals surface area contributed by atoms with Gasteiger partial charge in [0.15, 0.2) is 0 Å². The van der Waals surface area contributed by atoms with Gasteiger partial charge in [-0.25, -0.2) is 0 Å². The quantitative estimate of drug-likeness (QED) is 0.744. The third-order valence-corrected chi connectivity index (χ3v) is 5.40. The monoisotopic (exact) mass is 223 g/mol. The molecule has 1 heteroatoms. The molecule has 2 fully saturated rings. The van der Waals surface area contributed by atoms with E-state index in [-0.39, 0.29) is 5.54 Å². The Morgan fingerprint density at radius 2 is 1.56 bits per heavy atom. The van der Waals surface area contributed by atoms with Crippen molar-refractivity contribution in [3.63, 3.8) is 0 Å². The second-order valence-electron chi connectivity index (χ2n) is 6.96. The molecular weight excluding hydrogens is 194 g/mol. The van der Waals surface area contributed by atoms with Crippen molar-refractivity contribution in [1.29, 1.82) is 0 Å². The van der Waals surface area contributed by atoms with Gasteiger partial charge in [0.05, 0.1) is 0 Å². The molecule has 0 bridgehead atoms. The molecule has 0 aliphatic heterocycles. The molecule has 1 unspecified atom stereocenters. The van der Waals surface area contributed by atoms with Crippen LogP contribution in [0, 0.1) is 11.3 Å². The molecule has 2 rings (SSSR count). The highest BCUT2D eigenvalue weighted by Crippen LogP contribution is 2.47. The van der Waals surface area contributed by atoms with Gasteiger partial charge < -0.3 is 5.73 Å². The number of rotatable bonds is 2. The van der Waals surface area contributed by atoms with Crippen molar-refractivity contribution in [2.24, 2.45) is 17.1 Å². The third kappa shape index (κ3) is 2.45. The SMILES string of the molecule is CC1(C)CCCCC1(N)CC1CCCCC1. The molecule has 0 spiro atoms. The Bertz CT molecular complexity index is 228. The summed E-state index contributed by atoms with van der Waals surface area (Å²) in [4.78, 5) is 0. The smallest absolute Gasteiger partial charge is 0.0208 e. The normalized spacial score (nSPS) is 36.2. The summed E-state index contributed by atoms with van der Waals surface area (Å²) in [6.07, 6.45) is 13.8. The van der Waals surface area contributed by atoms with E-state index in [0.717, 1.165) is 5.92 Å². The van der Waals surface area contributed by atoms with Gasteiger partial charge in [-0.2, -0.15) is 0 Å². The zero-order valence-corrected chi connectivity index (χ0v) is 11.2. The van der Waals surface area contributed by atoms with Crippen LogP contribution in [0.1, 0.15) is 78.1 Å². The van der Waals surface area contributed by atoms with Crippen molar-refractivity contribution in [1.82, 2.24) is 0 Å². The third-order valence-electron chi connectivity index (χ3n) is 5.40. The van der Waals surface area contributed by atoms with Crippen LogP contribution in [0.25, 0.3) is 0 Å². The van der Waals surface area contributed by atoms with Crippen LogP contribution in [0.4, 0.5) is 0 Å². The molecule has 0 amide bonds. The lowest BCUT2D eigenvalue weighted by Gasteiger charge is -2.50. The van der Waals surface area contributed by atoms with E-state index in [1.54, 1.807) is 0 Å². The molecule has 94 valence electrons. The van der Waals surface area contributed by atoms with Crippen LogP contribution in [0.5, 0.6) is 0 Å². The van der Waals surface area contributed by atoms with E-state index >= 15 is 0 Å². The van der Waals surface area contributed by atoms with Crippen molar-refractivity contribution in [2.45, 2.75) is 83.6 Å². The Kier molecular flexibility index (Phi) is 3.63. The molecule has 0 heterocycles. The Hall–Kier alpha value is -0.0400. The molecule has 1 nitrogen and oxygen atoms in total. The van der Waals surface area contributed by atoms with Crippen LogP contribution in [0.15, 0.2) is 0 Å². The van der Waals surface area contributed by atoms with Crippen molar-refractivity contribution >= 4 is 0 Å². The van der Waals surface area contributed by atoms with E-state index in [4.69, 9.17) is 5.73 Å². The average Bonchev–Trinajstić information content (AvgIpc) is 2.24. The summed E-state index contributed by atoms with van der Waals surface area (Å²) in [6.45, 7) is 4.80. The molecule has 2 aliphatic rings. The van der Waals surface area contributed by atoms with E-state index in [1.807, 2.05) is 0 Å². The molecule has 0 saturated heterocycles. The predicted molar refractivity (Wildman–Crippen MR) is 70.4 cm³/mol. The highest BCUT2D eigenvalue weighted by atomic mass is 14.8. The molecule has 2 saturated carbocycles. The Labute approximate surface area is 101 Å². The van der Waals surface area contributed by atoms with Crippen LogP contribution in [0.3, 0.4) is 0 Å². The Morgan fingerprint density at radius 1 is 0.938 bits per heavy atom. The number of nitrogens with two attached hydrogens (primary N) is 1. The van der Waals surface area contributed by atoms with Crippen LogP contribution < -0.4 is 5.73 Å². The summed E-state index contributed by atoms with van der Waals surface area (Å²) >= 11 is 0. The standard InChI is InChI=1S/C15H29N/c1-14(2)10-6-7-11-15(14,16)12-13-8-4-3-5-9-13/h13H,3-12,16H2,1-2H3. The van der Waals surface area contributed by atoms with Gasteiger partial charge >= 0.3 is 0 Å². The lowest BCUT2D eigenvalue weighted by Crippen LogP contribution is -2.55. The van der Waals surface area contributed by atoms with E-state index in [9.17, 15) is 0 Å². The van der Waals surface area contributed by atoms with Crippen molar-refractivity contribution in [3.05, 3.63) is 0 Å². The van der Waals surface area contributed by atoms with Crippen molar-refractivity contribution < 1.29 is 0 Å². The zero-order valence-electron chi connectivity index (χ0n) is 11.2. The first-order valence-electron chi connectivity index (χ1n) is 7.32. The fourth-order valence-electron chi connectivity index (χ4n) is 3.88. The van der Waals surface area contributed by atoms with Gasteiger partial charge in [-0.15, -0.1) is 0 Å². The molecule has 0 aromatic carbocycles. The van der Waals surface area contributed by atoms with Crippen molar-refractivity contribution in [3.8, 4) is 0 Å². The summed E-state index contributed by atoms with van der Waals surface area (Å²) < 4.78 is 0. The van der Waals surface area contributed by atoms with E-state index in [1.165, 1.54) is 64.2 Å². The maximum atomic E-state index is 6.77. The maximum absolute atomic E-state index is 6.77. The van der Waals surface area contributed by atoms with Crippen LogP contribution in [-0.2, 0) is 0 Å². The van der Waals surface area contributed by atoms with Gasteiger partial charge in [-0.3, -0.25) is 0 Å². The summed E-state index contributed by atoms with van der Waals surface area (Å²) in [5.74, 6) is 0.927. The summed E-state index contributed by atoms with van der Waals surface area (Å²) in [5.41, 5.74) is 7.26. The van der Waals surface area contributed by atoms with Gasteiger partial charge in [-0.1, -0.05) is 58.8 Å². The largest absolute Gasteiger partial charge is 0.325 e. The maximum Gasteiger partial charge on any atom is 0.0208 e. The fraction of sp³-hybridized carbons (Fsp3) is 1.00. The highest BCUT2D eigenvalue weighted by molar-refractivity contribution is 5.01. The van der Waals surface area contributed by atoms with Gasteiger partial charge in [-0.05, 0) is 30.6 Å². The lowest BCUT2D eigenvalue weighted by atomic mass is 9.60. The van der Waals surface area contributed by atoms with Gasteiger partial charge in [0.2, 0.25) is 0 Å². The minimum atomic E-state index is 0.132. The first-order valence-corrected chi connectivity index (χ1v) is 7.32. The van der Waals surface area contributed by atoms with Crippen LogP contribution in [0.2, 0.25) is 0 Å². The molecule has 2 aliphatic carbocycles. The van der Waals surface area contributed by atoms with Gasteiger partial charge in [0.1, 0.15) is 0 Å². The first-order chi connectivity index (χ1) is 7.54. The summed E-state index contributed by atoms with van der Waals surface area (Å²) in [5, 5.41) is 0. The minimum absolute atomic E-state index is 0.132.